The molecular formula is C29H20BrClN2O. The Kier molecular flexibility index (Phi) is 6.03. The highest BCUT2D eigenvalue weighted by molar-refractivity contribution is 9.10. The molecule has 2 aromatic heterocycles. The summed E-state index contributed by atoms with van der Waals surface area (Å²) in [5.74, 6) is -0.134. The van der Waals surface area contributed by atoms with Gasteiger partial charge in [-0.15, -0.1) is 0 Å². The molecule has 5 rings (SSSR count). The molecule has 0 aliphatic carbocycles. The Labute approximate surface area is 211 Å². The number of halogens is 2. The van der Waals surface area contributed by atoms with Crippen LogP contribution in [0.2, 0.25) is 5.15 Å². The van der Waals surface area contributed by atoms with Crippen LogP contribution in [0.3, 0.4) is 0 Å². The summed E-state index contributed by atoms with van der Waals surface area (Å²) in [7, 11) is 0. The van der Waals surface area contributed by atoms with Crippen molar-refractivity contribution in [1.82, 2.24) is 9.97 Å². The van der Waals surface area contributed by atoms with Crippen LogP contribution in [0.5, 0.6) is 0 Å². The van der Waals surface area contributed by atoms with Gasteiger partial charge in [0.25, 0.3) is 0 Å². The molecule has 0 aliphatic heterocycles. The van der Waals surface area contributed by atoms with E-state index in [2.05, 4.69) is 20.9 Å². The van der Waals surface area contributed by atoms with Gasteiger partial charge < -0.3 is 0 Å². The van der Waals surface area contributed by atoms with Gasteiger partial charge in [0.2, 0.25) is 0 Å². The summed E-state index contributed by atoms with van der Waals surface area (Å²) in [4.78, 5) is 22.8. The highest BCUT2D eigenvalue weighted by Crippen LogP contribution is 2.35. The van der Waals surface area contributed by atoms with Crippen molar-refractivity contribution in [3.05, 3.63) is 111 Å². The molecule has 34 heavy (non-hydrogen) atoms. The lowest BCUT2D eigenvalue weighted by atomic mass is 9.92. The first-order valence-corrected chi connectivity index (χ1v) is 12.0. The fourth-order valence-corrected chi connectivity index (χ4v) is 4.77. The molecule has 0 amide bonds. The Morgan fingerprint density at radius 1 is 0.912 bits per heavy atom. The van der Waals surface area contributed by atoms with E-state index in [0.717, 1.165) is 43.0 Å². The van der Waals surface area contributed by atoms with Crippen molar-refractivity contribution in [2.75, 3.05) is 0 Å². The van der Waals surface area contributed by atoms with Crippen molar-refractivity contribution in [2.45, 2.75) is 13.8 Å². The van der Waals surface area contributed by atoms with Crippen LogP contribution in [0.15, 0.2) is 83.3 Å². The molecular weight excluding hydrogens is 508 g/mol. The van der Waals surface area contributed by atoms with Crippen molar-refractivity contribution in [3.63, 3.8) is 0 Å². The molecule has 0 aliphatic rings. The molecule has 3 nitrogen and oxygen atoms in total. The second kappa shape index (κ2) is 9.13. The number of nitrogens with zero attached hydrogens (tertiary/aromatic N) is 2. The number of hydrogen-bond donors (Lipinski definition) is 0. The fourth-order valence-electron chi connectivity index (χ4n) is 4.20. The lowest BCUT2D eigenvalue weighted by molar-refractivity contribution is 0.104. The largest absolute Gasteiger partial charge is 0.289 e. The normalized spacial score (nSPS) is 11.5. The maximum atomic E-state index is 13.6. The molecule has 2 heterocycles. The SMILES string of the molecule is Cc1ccc2cc(/C=C\C(=O)c3c(C)nc4ccc(Br)cc4c3-c3ccccc3)c(Cl)nc2c1. The molecule has 166 valence electrons. The molecule has 0 saturated carbocycles. The Morgan fingerprint density at radius 2 is 1.71 bits per heavy atom. The van der Waals surface area contributed by atoms with E-state index in [4.69, 9.17) is 16.6 Å². The number of carbonyl (C=O) groups excluding carboxylic acids is 1. The van der Waals surface area contributed by atoms with Gasteiger partial charge in [-0.1, -0.05) is 70.0 Å². The molecule has 5 aromatic rings. The molecule has 0 radical (unpaired) electrons. The predicted octanol–water partition coefficient (Wildman–Crippen LogP) is 8.38. The summed E-state index contributed by atoms with van der Waals surface area (Å²) in [5, 5.41) is 2.26. The zero-order chi connectivity index (χ0) is 23.8. The monoisotopic (exact) mass is 526 g/mol. The van der Waals surface area contributed by atoms with Crippen molar-refractivity contribution in [3.8, 4) is 11.1 Å². The Balaban J connectivity index is 1.65. The van der Waals surface area contributed by atoms with E-state index in [1.807, 2.05) is 86.6 Å². The molecule has 0 saturated heterocycles. The summed E-state index contributed by atoms with van der Waals surface area (Å²) in [5.41, 5.74) is 6.59. The third kappa shape index (κ3) is 4.27. The zero-order valence-corrected chi connectivity index (χ0v) is 21.0. The lowest BCUT2D eigenvalue weighted by Gasteiger charge is -2.14. The first kappa shape index (κ1) is 22.5. The third-order valence-corrected chi connectivity index (χ3v) is 6.60. The van der Waals surface area contributed by atoms with E-state index in [9.17, 15) is 4.79 Å². The average molecular weight is 528 g/mol. The van der Waals surface area contributed by atoms with Gasteiger partial charge in [-0.05, 0) is 67.5 Å². The number of carbonyl (C=O) groups is 1. The fraction of sp³-hybridized carbons (Fsp3) is 0.0690. The number of aromatic nitrogens is 2. The first-order chi connectivity index (χ1) is 16.4. The number of ketones is 1. The zero-order valence-electron chi connectivity index (χ0n) is 18.6. The summed E-state index contributed by atoms with van der Waals surface area (Å²) < 4.78 is 0.932. The van der Waals surface area contributed by atoms with Gasteiger partial charge in [-0.2, -0.15) is 0 Å². The molecule has 0 unspecified atom stereocenters. The number of allylic oxidation sites excluding steroid dienone is 1. The van der Waals surface area contributed by atoms with E-state index in [0.29, 0.717) is 22.0 Å². The molecule has 0 fully saturated rings. The standard InChI is InChI=1S/C29H20BrClN2O/c1-17-8-9-20-15-21(29(31)33-25(20)14-17)10-13-26(34)27-18(2)32-24-12-11-22(30)16-23(24)28(27)19-6-4-3-5-7-19/h3-16H,1-2H3/b13-10-. The number of fused-ring (bicyclic) bond motifs is 2. The quantitative estimate of drug-likeness (QED) is 0.134. The smallest absolute Gasteiger partial charge is 0.188 e. The van der Waals surface area contributed by atoms with Gasteiger partial charge >= 0.3 is 0 Å². The van der Waals surface area contributed by atoms with Gasteiger partial charge in [0.15, 0.2) is 5.78 Å². The summed E-state index contributed by atoms with van der Waals surface area (Å²) >= 11 is 10.0. The van der Waals surface area contributed by atoms with Gasteiger partial charge in [-0.3, -0.25) is 9.78 Å². The van der Waals surface area contributed by atoms with E-state index in [-0.39, 0.29) is 5.78 Å². The molecule has 0 N–H and O–H groups in total. The second-order valence-corrected chi connectivity index (χ2v) is 9.51. The van der Waals surface area contributed by atoms with Crippen LogP contribution >= 0.6 is 27.5 Å². The minimum Gasteiger partial charge on any atom is -0.289 e. The van der Waals surface area contributed by atoms with Crippen LogP contribution in [0.25, 0.3) is 39.0 Å². The molecule has 3 aromatic carbocycles. The Morgan fingerprint density at radius 3 is 2.50 bits per heavy atom. The second-order valence-electron chi connectivity index (χ2n) is 8.24. The predicted molar refractivity (Wildman–Crippen MR) is 144 cm³/mol. The Bertz CT molecular complexity index is 1610. The van der Waals surface area contributed by atoms with E-state index in [1.54, 1.807) is 12.2 Å². The molecule has 0 atom stereocenters. The maximum absolute atomic E-state index is 13.6. The van der Waals surface area contributed by atoms with Crippen LogP contribution < -0.4 is 0 Å². The average Bonchev–Trinajstić information content (AvgIpc) is 2.82. The third-order valence-electron chi connectivity index (χ3n) is 5.80. The topological polar surface area (TPSA) is 42.9 Å². The number of aryl methyl sites for hydroxylation is 2. The van der Waals surface area contributed by atoms with Crippen molar-refractivity contribution in [1.29, 1.82) is 0 Å². The molecule has 0 bridgehead atoms. The lowest BCUT2D eigenvalue weighted by Crippen LogP contribution is -2.05. The highest BCUT2D eigenvalue weighted by atomic mass is 79.9. The van der Waals surface area contributed by atoms with Crippen molar-refractivity contribution < 1.29 is 4.79 Å². The van der Waals surface area contributed by atoms with Gasteiger partial charge in [0.05, 0.1) is 16.6 Å². The highest BCUT2D eigenvalue weighted by Gasteiger charge is 2.19. The van der Waals surface area contributed by atoms with Crippen LogP contribution in [-0.4, -0.2) is 15.8 Å². The minimum absolute atomic E-state index is 0.134. The van der Waals surface area contributed by atoms with E-state index < -0.39 is 0 Å². The van der Waals surface area contributed by atoms with E-state index in [1.165, 1.54) is 0 Å². The summed E-state index contributed by atoms with van der Waals surface area (Å²) in [6, 6.07) is 23.9. The summed E-state index contributed by atoms with van der Waals surface area (Å²) in [6.07, 6.45) is 3.29. The van der Waals surface area contributed by atoms with E-state index >= 15 is 0 Å². The van der Waals surface area contributed by atoms with Crippen molar-refractivity contribution in [2.24, 2.45) is 0 Å². The number of rotatable bonds is 4. The molecule has 5 heteroatoms. The van der Waals surface area contributed by atoms with Gasteiger partial charge in [0, 0.05) is 32.1 Å². The minimum atomic E-state index is -0.134. The van der Waals surface area contributed by atoms with Crippen LogP contribution in [-0.2, 0) is 0 Å². The number of pyridine rings is 2. The maximum Gasteiger partial charge on any atom is 0.188 e. The van der Waals surface area contributed by atoms with Gasteiger partial charge in [0.1, 0.15) is 5.15 Å². The Hall–Kier alpha value is -3.34. The van der Waals surface area contributed by atoms with Gasteiger partial charge in [-0.25, -0.2) is 4.98 Å². The summed E-state index contributed by atoms with van der Waals surface area (Å²) in [6.45, 7) is 3.90. The van der Waals surface area contributed by atoms with Crippen LogP contribution in [0, 0.1) is 13.8 Å². The van der Waals surface area contributed by atoms with Crippen LogP contribution in [0.4, 0.5) is 0 Å². The molecule has 0 spiro atoms. The first-order valence-electron chi connectivity index (χ1n) is 10.9. The number of benzene rings is 3. The van der Waals surface area contributed by atoms with Crippen LogP contribution in [0.1, 0.15) is 27.2 Å². The van der Waals surface area contributed by atoms with Crippen molar-refractivity contribution >= 4 is 61.2 Å². The number of hydrogen-bond acceptors (Lipinski definition) is 3.